The van der Waals surface area contributed by atoms with Gasteiger partial charge in [0.15, 0.2) is 0 Å². The molecule has 0 spiro atoms. The molecule has 0 saturated carbocycles. The van der Waals surface area contributed by atoms with Crippen molar-refractivity contribution >= 4 is 35.1 Å². The molecule has 2 amide bonds. The largest absolute Gasteiger partial charge is 0.481 e. The fourth-order valence-electron chi connectivity index (χ4n) is 1.43. The molecule has 9 heteroatoms. The molecular formula is C12H14N2O6S. The zero-order chi connectivity index (χ0) is 15.8. The van der Waals surface area contributed by atoms with Crippen molar-refractivity contribution in [1.29, 1.82) is 0 Å². The minimum Gasteiger partial charge on any atom is -0.481 e. The lowest BCUT2D eigenvalue weighted by molar-refractivity contribution is -0.147. The molecule has 0 aromatic carbocycles. The smallest absolute Gasteiger partial charge is 0.326 e. The first-order valence-corrected chi connectivity index (χ1v) is 6.88. The van der Waals surface area contributed by atoms with E-state index >= 15 is 0 Å². The minimum atomic E-state index is -1.48. The minimum absolute atomic E-state index is 0.0277. The Morgan fingerprint density at radius 2 is 1.95 bits per heavy atom. The molecule has 0 aliphatic rings. The number of aliphatic carboxylic acids is 2. The summed E-state index contributed by atoms with van der Waals surface area (Å²) >= 11 is 1.36. The maximum absolute atomic E-state index is 11.6. The Labute approximate surface area is 123 Å². The van der Waals surface area contributed by atoms with Crippen LogP contribution >= 0.6 is 11.3 Å². The second-order valence-corrected chi connectivity index (χ2v) is 4.85. The summed E-state index contributed by atoms with van der Waals surface area (Å²) < 4.78 is 0. The van der Waals surface area contributed by atoms with E-state index in [9.17, 15) is 19.2 Å². The average molecular weight is 314 g/mol. The first kappa shape index (κ1) is 16.6. The van der Waals surface area contributed by atoms with Crippen molar-refractivity contribution in [1.82, 2.24) is 10.6 Å². The van der Waals surface area contributed by atoms with Gasteiger partial charge in [0.1, 0.15) is 6.04 Å². The number of amides is 2. The van der Waals surface area contributed by atoms with Crippen molar-refractivity contribution in [2.24, 2.45) is 0 Å². The van der Waals surface area contributed by atoms with Gasteiger partial charge in [-0.25, -0.2) is 4.79 Å². The molecule has 1 heterocycles. The summed E-state index contributed by atoms with van der Waals surface area (Å²) in [6.45, 7) is 0.0277. The summed E-state index contributed by atoms with van der Waals surface area (Å²) in [6.07, 6.45) is -0.846. The van der Waals surface area contributed by atoms with Gasteiger partial charge in [-0.1, -0.05) is 0 Å². The molecule has 0 unspecified atom stereocenters. The molecule has 0 aliphatic heterocycles. The van der Waals surface area contributed by atoms with Crippen LogP contribution in [-0.2, 0) is 14.4 Å². The van der Waals surface area contributed by atoms with Gasteiger partial charge in [0.05, 0.1) is 6.42 Å². The van der Waals surface area contributed by atoms with Crippen LogP contribution in [0.5, 0.6) is 0 Å². The predicted molar refractivity (Wildman–Crippen MR) is 73.1 cm³/mol. The normalized spacial score (nSPS) is 11.4. The van der Waals surface area contributed by atoms with E-state index in [4.69, 9.17) is 10.2 Å². The van der Waals surface area contributed by atoms with E-state index in [-0.39, 0.29) is 18.9 Å². The van der Waals surface area contributed by atoms with Crippen LogP contribution in [0.2, 0.25) is 0 Å². The SMILES string of the molecule is O=C(O)C[C@H](NC(=O)CCNC(=O)c1ccsc1)C(=O)O. The summed E-state index contributed by atoms with van der Waals surface area (Å²) in [5.41, 5.74) is 0.481. The number of hydrogen-bond donors (Lipinski definition) is 4. The summed E-state index contributed by atoms with van der Waals surface area (Å²) in [5.74, 6) is -3.72. The highest BCUT2D eigenvalue weighted by Gasteiger charge is 2.22. The predicted octanol–water partition coefficient (Wildman–Crippen LogP) is -0.0879. The summed E-state index contributed by atoms with van der Waals surface area (Å²) in [4.78, 5) is 44.3. The van der Waals surface area contributed by atoms with Crippen LogP contribution in [0.1, 0.15) is 23.2 Å². The number of hydrogen-bond acceptors (Lipinski definition) is 5. The number of rotatable bonds is 8. The molecule has 21 heavy (non-hydrogen) atoms. The van der Waals surface area contributed by atoms with Gasteiger partial charge in [-0.3, -0.25) is 14.4 Å². The molecule has 114 valence electrons. The lowest BCUT2D eigenvalue weighted by Crippen LogP contribution is -2.43. The van der Waals surface area contributed by atoms with Crippen molar-refractivity contribution in [2.75, 3.05) is 6.54 Å². The van der Waals surface area contributed by atoms with E-state index in [1.807, 2.05) is 0 Å². The van der Waals surface area contributed by atoms with Crippen molar-refractivity contribution in [3.05, 3.63) is 22.4 Å². The molecule has 1 rings (SSSR count). The van der Waals surface area contributed by atoms with Gasteiger partial charge in [-0.15, -0.1) is 0 Å². The van der Waals surface area contributed by atoms with Crippen LogP contribution in [-0.4, -0.2) is 46.6 Å². The second-order valence-electron chi connectivity index (χ2n) is 4.07. The van der Waals surface area contributed by atoms with Crippen LogP contribution in [0.15, 0.2) is 16.8 Å². The number of carbonyl (C=O) groups excluding carboxylic acids is 2. The van der Waals surface area contributed by atoms with Crippen molar-refractivity contribution in [3.8, 4) is 0 Å². The third-order valence-electron chi connectivity index (χ3n) is 2.43. The zero-order valence-electron chi connectivity index (χ0n) is 10.9. The van der Waals surface area contributed by atoms with E-state index in [0.717, 1.165) is 0 Å². The third kappa shape index (κ3) is 6.04. The highest BCUT2D eigenvalue weighted by molar-refractivity contribution is 7.08. The number of carboxylic acid groups (broad SMARTS) is 2. The second kappa shape index (κ2) is 8.00. The Bertz CT molecular complexity index is 528. The van der Waals surface area contributed by atoms with E-state index in [2.05, 4.69) is 10.6 Å². The Morgan fingerprint density at radius 1 is 1.24 bits per heavy atom. The van der Waals surface area contributed by atoms with Crippen molar-refractivity contribution < 1.29 is 29.4 Å². The van der Waals surface area contributed by atoms with E-state index in [1.54, 1.807) is 16.8 Å². The molecule has 1 aromatic rings. The first-order chi connectivity index (χ1) is 9.90. The number of carbonyl (C=O) groups is 4. The topological polar surface area (TPSA) is 133 Å². The zero-order valence-corrected chi connectivity index (χ0v) is 11.7. The van der Waals surface area contributed by atoms with E-state index in [0.29, 0.717) is 5.56 Å². The monoisotopic (exact) mass is 314 g/mol. The Hall–Kier alpha value is -2.42. The number of nitrogens with one attached hydrogen (secondary N) is 2. The summed E-state index contributed by atoms with van der Waals surface area (Å²) in [7, 11) is 0. The Morgan fingerprint density at radius 3 is 2.48 bits per heavy atom. The molecular weight excluding hydrogens is 300 g/mol. The molecule has 0 radical (unpaired) electrons. The quantitative estimate of drug-likeness (QED) is 0.530. The average Bonchev–Trinajstić information content (AvgIpc) is 2.91. The molecule has 0 fully saturated rings. The van der Waals surface area contributed by atoms with Crippen molar-refractivity contribution in [2.45, 2.75) is 18.9 Å². The fourth-order valence-corrected chi connectivity index (χ4v) is 2.06. The lowest BCUT2D eigenvalue weighted by atomic mass is 10.2. The van der Waals surface area contributed by atoms with Gasteiger partial charge in [-0.05, 0) is 11.4 Å². The van der Waals surface area contributed by atoms with E-state index in [1.165, 1.54) is 11.3 Å². The van der Waals surface area contributed by atoms with Crippen LogP contribution in [0, 0.1) is 0 Å². The molecule has 4 N–H and O–H groups in total. The van der Waals surface area contributed by atoms with Gasteiger partial charge < -0.3 is 20.8 Å². The number of thiophene rings is 1. The standard InChI is InChI=1S/C12H14N2O6S/c15-9(14-8(12(19)20)5-10(16)17)1-3-13-11(18)7-2-4-21-6-7/h2,4,6,8H,1,3,5H2,(H,13,18)(H,14,15)(H,16,17)(H,19,20)/t8-/m0/s1. The maximum atomic E-state index is 11.6. The lowest BCUT2D eigenvalue weighted by Gasteiger charge is -2.12. The summed E-state index contributed by atoms with van der Waals surface area (Å²) in [6, 6.07) is 0.149. The maximum Gasteiger partial charge on any atom is 0.326 e. The molecule has 1 atom stereocenters. The van der Waals surface area contributed by atoms with Gasteiger partial charge in [-0.2, -0.15) is 11.3 Å². The van der Waals surface area contributed by atoms with Crippen LogP contribution in [0.3, 0.4) is 0 Å². The van der Waals surface area contributed by atoms with Crippen molar-refractivity contribution in [3.63, 3.8) is 0 Å². The van der Waals surface area contributed by atoms with Gasteiger partial charge >= 0.3 is 11.9 Å². The highest BCUT2D eigenvalue weighted by Crippen LogP contribution is 2.05. The van der Waals surface area contributed by atoms with E-state index < -0.39 is 30.3 Å². The number of carboxylic acids is 2. The first-order valence-electron chi connectivity index (χ1n) is 5.94. The van der Waals surface area contributed by atoms with Gasteiger partial charge in [0.2, 0.25) is 5.91 Å². The molecule has 1 aromatic heterocycles. The van der Waals surface area contributed by atoms with Crippen LogP contribution < -0.4 is 10.6 Å². The molecule has 0 bridgehead atoms. The Kier molecular flexibility index (Phi) is 6.34. The molecule has 8 nitrogen and oxygen atoms in total. The fraction of sp³-hybridized carbons (Fsp3) is 0.333. The van der Waals surface area contributed by atoms with Crippen LogP contribution in [0.4, 0.5) is 0 Å². The molecule has 0 aliphatic carbocycles. The summed E-state index contributed by atoms with van der Waals surface area (Å²) in [5, 5.41) is 25.3. The van der Waals surface area contributed by atoms with Crippen LogP contribution in [0.25, 0.3) is 0 Å². The Balaban J connectivity index is 2.34. The highest BCUT2D eigenvalue weighted by atomic mass is 32.1. The van der Waals surface area contributed by atoms with Gasteiger partial charge in [0, 0.05) is 23.9 Å². The van der Waals surface area contributed by atoms with Gasteiger partial charge in [0.25, 0.3) is 5.91 Å². The third-order valence-corrected chi connectivity index (χ3v) is 3.12. The molecule has 0 saturated heterocycles.